The van der Waals surface area contributed by atoms with Crippen molar-refractivity contribution in [1.29, 1.82) is 0 Å². The molecule has 0 aliphatic heterocycles. The monoisotopic (exact) mass is 278 g/mol. The van der Waals surface area contributed by atoms with Crippen LogP contribution in [0.15, 0.2) is 11.3 Å². The molecule has 2 rings (SSSR count). The van der Waals surface area contributed by atoms with Crippen molar-refractivity contribution in [3.63, 3.8) is 0 Å². The first-order valence-corrected chi connectivity index (χ1v) is 8.58. The van der Waals surface area contributed by atoms with Gasteiger partial charge in [0.2, 0.25) is 0 Å². The lowest BCUT2D eigenvalue weighted by molar-refractivity contribution is -0.116. The molecule has 2 fully saturated rings. The van der Waals surface area contributed by atoms with Crippen molar-refractivity contribution in [2.75, 3.05) is 0 Å². The Balaban J connectivity index is 1.84. The summed E-state index contributed by atoms with van der Waals surface area (Å²) in [5, 5.41) is 10.2. The molecule has 2 aliphatic carbocycles. The van der Waals surface area contributed by atoms with E-state index in [1.165, 1.54) is 64.2 Å². The summed E-state index contributed by atoms with van der Waals surface area (Å²) in [6.45, 7) is 1.82. The van der Waals surface area contributed by atoms with Crippen LogP contribution < -0.4 is 0 Å². The van der Waals surface area contributed by atoms with Crippen LogP contribution in [0.2, 0.25) is 0 Å². The minimum absolute atomic E-state index is 0.185. The molecule has 2 aliphatic rings. The molecule has 0 aromatic carbocycles. The number of Topliss-reactive ketones (excluding diaryl/α,β-unsaturated/α-hetero) is 1. The normalized spacial score (nSPS) is 23.4. The fourth-order valence-corrected chi connectivity index (χ4v) is 3.79. The van der Waals surface area contributed by atoms with E-state index in [4.69, 9.17) is 0 Å². The minimum atomic E-state index is 0.185. The van der Waals surface area contributed by atoms with Crippen LogP contribution in [0.1, 0.15) is 84.0 Å². The van der Waals surface area contributed by atoms with Gasteiger partial charge in [0.1, 0.15) is 0 Å². The number of carbonyl (C=O) groups excluding carboxylic acids is 1. The van der Waals surface area contributed by atoms with Crippen molar-refractivity contribution in [3.8, 4) is 0 Å². The Kier molecular flexibility index (Phi) is 6.12. The molecule has 20 heavy (non-hydrogen) atoms. The molecule has 1 N–H and O–H groups in total. The fraction of sp³-hybridized carbons (Fsp3) is 0.833. The quantitative estimate of drug-likeness (QED) is 0.545. The van der Waals surface area contributed by atoms with Crippen LogP contribution in [-0.2, 0) is 4.79 Å². The van der Waals surface area contributed by atoms with Gasteiger partial charge in [0.25, 0.3) is 0 Å². The van der Waals surface area contributed by atoms with Crippen molar-refractivity contribution in [2.24, 2.45) is 11.8 Å². The van der Waals surface area contributed by atoms with E-state index in [9.17, 15) is 9.90 Å². The van der Waals surface area contributed by atoms with Gasteiger partial charge in [-0.1, -0.05) is 64.2 Å². The van der Waals surface area contributed by atoms with E-state index in [0.717, 1.165) is 6.42 Å². The van der Waals surface area contributed by atoms with Gasteiger partial charge in [-0.05, 0) is 18.8 Å². The summed E-state index contributed by atoms with van der Waals surface area (Å²) in [6, 6.07) is 0. The Morgan fingerprint density at radius 3 is 1.80 bits per heavy atom. The van der Waals surface area contributed by atoms with Crippen molar-refractivity contribution in [1.82, 2.24) is 0 Å². The van der Waals surface area contributed by atoms with Gasteiger partial charge >= 0.3 is 0 Å². The predicted molar refractivity (Wildman–Crippen MR) is 82.7 cm³/mol. The summed E-state index contributed by atoms with van der Waals surface area (Å²) in [5.74, 6) is 1.72. The Morgan fingerprint density at radius 2 is 1.30 bits per heavy atom. The lowest BCUT2D eigenvalue weighted by atomic mass is 9.83. The third-order valence-electron chi connectivity index (χ3n) is 5.26. The van der Waals surface area contributed by atoms with Crippen LogP contribution in [0, 0.1) is 11.8 Å². The van der Waals surface area contributed by atoms with Gasteiger partial charge in [-0.3, -0.25) is 4.79 Å². The summed E-state index contributed by atoms with van der Waals surface area (Å²) >= 11 is 0. The first-order valence-electron chi connectivity index (χ1n) is 8.58. The average molecular weight is 278 g/mol. The number of ketones is 1. The lowest BCUT2D eigenvalue weighted by Gasteiger charge is -2.23. The van der Waals surface area contributed by atoms with E-state index in [-0.39, 0.29) is 5.78 Å². The van der Waals surface area contributed by atoms with E-state index in [0.29, 0.717) is 29.6 Å². The zero-order chi connectivity index (χ0) is 14.4. The molecule has 114 valence electrons. The highest BCUT2D eigenvalue weighted by Gasteiger charge is 2.21. The third-order valence-corrected chi connectivity index (χ3v) is 5.26. The van der Waals surface area contributed by atoms with Crippen molar-refractivity contribution < 1.29 is 9.90 Å². The molecule has 0 aromatic rings. The van der Waals surface area contributed by atoms with Gasteiger partial charge < -0.3 is 5.11 Å². The topological polar surface area (TPSA) is 37.3 Å². The predicted octanol–water partition coefficient (Wildman–Crippen LogP) is 5.33. The third kappa shape index (κ3) is 4.64. The van der Waals surface area contributed by atoms with E-state index < -0.39 is 0 Å². The maximum Gasteiger partial charge on any atom is 0.162 e. The largest absolute Gasteiger partial charge is 0.512 e. The second-order valence-electron chi connectivity index (χ2n) is 6.91. The Morgan fingerprint density at radius 1 is 0.850 bits per heavy atom. The molecule has 0 heterocycles. The molecular formula is C18H30O2. The van der Waals surface area contributed by atoms with Crippen LogP contribution in [0.5, 0.6) is 0 Å². The van der Waals surface area contributed by atoms with Crippen LogP contribution in [-0.4, -0.2) is 10.9 Å². The zero-order valence-electron chi connectivity index (χ0n) is 13.0. The number of hydrogen-bond donors (Lipinski definition) is 1. The molecule has 2 heteroatoms. The average Bonchev–Trinajstić information content (AvgIpc) is 2.48. The van der Waals surface area contributed by atoms with Crippen LogP contribution >= 0.6 is 0 Å². The standard InChI is InChI=1S/C18H30O2/c1-14(17(19)12-15-8-4-2-5-9-15)18(20)13-16-10-6-3-7-11-16/h15-16,19H,2-13H2,1H3/b17-14-. The molecule has 0 radical (unpaired) electrons. The molecule has 0 amide bonds. The zero-order valence-corrected chi connectivity index (χ0v) is 13.0. The smallest absolute Gasteiger partial charge is 0.162 e. The molecule has 0 bridgehead atoms. The van der Waals surface area contributed by atoms with Crippen molar-refractivity contribution in [2.45, 2.75) is 84.0 Å². The van der Waals surface area contributed by atoms with E-state index in [1.54, 1.807) is 0 Å². The van der Waals surface area contributed by atoms with Crippen molar-refractivity contribution in [3.05, 3.63) is 11.3 Å². The van der Waals surface area contributed by atoms with Crippen LogP contribution in [0.25, 0.3) is 0 Å². The minimum Gasteiger partial charge on any atom is -0.512 e. The van der Waals surface area contributed by atoms with Crippen molar-refractivity contribution >= 4 is 5.78 Å². The summed E-state index contributed by atoms with van der Waals surface area (Å²) < 4.78 is 0. The summed E-state index contributed by atoms with van der Waals surface area (Å²) in [4.78, 5) is 12.3. The highest BCUT2D eigenvalue weighted by atomic mass is 16.3. The molecule has 0 saturated heterocycles. The highest BCUT2D eigenvalue weighted by Crippen LogP contribution is 2.31. The van der Waals surface area contributed by atoms with Gasteiger partial charge in [0, 0.05) is 18.4 Å². The SMILES string of the molecule is C/C(C(=O)CC1CCCCC1)=C(/O)CC1CCCCC1. The Hall–Kier alpha value is -0.790. The number of aliphatic hydroxyl groups is 1. The van der Waals surface area contributed by atoms with E-state index in [1.807, 2.05) is 6.92 Å². The van der Waals surface area contributed by atoms with Gasteiger partial charge in [-0.2, -0.15) is 0 Å². The summed E-state index contributed by atoms with van der Waals surface area (Å²) in [7, 11) is 0. The molecular weight excluding hydrogens is 248 g/mol. The van der Waals surface area contributed by atoms with Gasteiger partial charge in [-0.15, -0.1) is 0 Å². The number of allylic oxidation sites excluding steroid dienone is 2. The van der Waals surface area contributed by atoms with Crippen LogP contribution in [0.4, 0.5) is 0 Å². The number of carbonyl (C=O) groups is 1. The molecule has 2 saturated carbocycles. The van der Waals surface area contributed by atoms with Gasteiger partial charge in [-0.25, -0.2) is 0 Å². The first kappa shape index (κ1) is 15.6. The van der Waals surface area contributed by atoms with Gasteiger partial charge in [0.15, 0.2) is 5.78 Å². The number of rotatable bonds is 5. The Bertz CT molecular complexity index is 344. The highest BCUT2D eigenvalue weighted by molar-refractivity contribution is 5.95. The van der Waals surface area contributed by atoms with E-state index in [2.05, 4.69) is 0 Å². The van der Waals surface area contributed by atoms with Gasteiger partial charge in [0.05, 0.1) is 5.76 Å². The molecule has 2 nitrogen and oxygen atoms in total. The second kappa shape index (κ2) is 7.85. The summed E-state index contributed by atoms with van der Waals surface area (Å²) in [5.41, 5.74) is 0.640. The van der Waals surface area contributed by atoms with E-state index >= 15 is 0 Å². The second-order valence-corrected chi connectivity index (χ2v) is 6.91. The Labute approximate surface area is 123 Å². The maximum atomic E-state index is 12.3. The molecule has 0 unspecified atom stereocenters. The number of aliphatic hydroxyl groups excluding tert-OH is 1. The maximum absolute atomic E-state index is 12.3. The first-order chi connectivity index (χ1) is 9.66. The molecule has 0 aromatic heterocycles. The molecule has 0 spiro atoms. The van der Waals surface area contributed by atoms with Crippen LogP contribution in [0.3, 0.4) is 0 Å². The molecule has 0 atom stereocenters. The number of hydrogen-bond acceptors (Lipinski definition) is 2. The lowest BCUT2D eigenvalue weighted by Crippen LogP contribution is -2.15. The summed E-state index contributed by atoms with van der Waals surface area (Å²) in [6.07, 6.45) is 14.0. The fourth-order valence-electron chi connectivity index (χ4n) is 3.79.